The monoisotopic (exact) mass is 298 g/mol. The van der Waals surface area contributed by atoms with Crippen LogP contribution in [0.15, 0.2) is 85.5 Å². The van der Waals surface area contributed by atoms with Crippen LogP contribution in [0.4, 0.5) is 0 Å². The Kier molecular flexibility index (Phi) is 3.43. The zero-order chi connectivity index (χ0) is 15.6. The van der Waals surface area contributed by atoms with Crippen LogP contribution in [-0.2, 0) is 0 Å². The van der Waals surface area contributed by atoms with Crippen molar-refractivity contribution in [3.05, 3.63) is 91.0 Å². The zero-order valence-corrected chi connectivity index (χ0v) is 13.1. The predicted octanol–water partition coefficient (Wildman–Crippen LogP) is 5.31. The molecule has 1 aromatic heterocycles. The third-order valence-corrected chi connectivity index (χ3v) is 4.46. The molecule has 2 heteroatoms. The Labute approximate surface area is 136 Å². The molecule has 4 aromatic rings. The number of nitrogens with zero attached hydrogens (tertiary/aromatic N) is 2. The Morgan fingerprint density at radius 2 is 1.57 bits per heavy atom. The fourth-order valence-electron chi connectivity index (χ4n) is 3.23. The van der Waals surface area contributed by atoms with Crippen LogP contribution in [0.5, 0.6) is 0 Å². The molecule has 0 aliphatic carbocycles. The summed E-state index contributed by atoms with van der Waals surface area (Å²) < 4.78 is 2.14. The Morgan fingerprint density at radius 3 is 2.43 bits per heavy atom. The SMILES string of the molecule is C[C@H](c1ccccc1-c1cccc2ccccc12)n1ccnc1. The molecular formula is C21H18N2. The van der Waals surface area contributed by atoms with Gasteiger partial charge >= 0.3 is 0 Å². The van der Waals surface area contributed by atoms with E-state index in [0.717, 1.165) is 0 Å². The van der Waals surface area contributed by atoms with Crippen molar-refractivity contribution in [3.8, 4) is 11.1 Å². The molecule has 23 heavy (non-hydrogen) atoms. The molecule has 2 nitrogen and oxygen atoms in total. The lowest BCUT2D eigenvalue weighted by Gasteiger charge is -2.19. The van der Waals surface area contributed by atoms with E-state index in [1.165, 1.54) is 27.5 Å². The highest BCUT2D eigenvalue weighted by Crippen LogP contribution is 2.34. The van der Waals surface area contributed by atoms with Gasteiger partial charge in [0.2, 0.25) is 0 Å². The van der Waals surface area contributed by atoms with E-state index in [4.69, 9.17) is 0 Å². The van der Waals surface area contributed by atoms with Crippen LogP contribution in [0.25, 0.3) is 21.9 Å². The number of rotatable bonds is 3. The number of fused-ring (bicyclic) bond motifs is 1. The molecule has 1 heterocycles. The van der Waals surface area contributed by atoms with Gasteiger partial charge < -0.3 is 4.57 Å². The van der Waals surface area contributed by atoms with Gasteiger partial charge in [-0.05, 0) is 34.4 Å². The summed E-state index contributed by atoms with van der Waals surface area (Å²) in [6.45, 7) is 2.21. The van der Waals surface area contributed by atoms with E-state index >= 15 is 0 Å². The Morgan fingerprint density at radius 1 is 0.826 bits per heavy atom. The highest BCUT2D eigenvalue weighted by Gasteiger charge is 2.14. The third-order valence-electron chi connectivity index (χ3n) is 4.46. The van der Waals surface area contributed by atoms with E-state index in [0.29, 0.717) is 0 Å². The van der Waals surface area contributed by atoms with Gasteiger partial charge in [0.1, 0.15) is 0 Å². The average molecular weight is 298 g/mol. The van der Waals surface area contributed by atoms with Crippen molar-refractivity contribution >= 4 is 10.8 Å². The van der Waals surface area contributed by atoms with E-state index < -0.39 is 0 Å². The number of hydrogen-bond acceptors (Lipinski definition) is 1. The fourth-order valence-corrected chi connectivity index (χ4v) is 3.23. The molecule has 0 saturated heterocycles. The molecule has 1 atom stereocenters. The molecule has 0 fully saturated rings. The normalized spacial score (nSPS) is 12.4. The molecule has 0 radical (unpaired) electrons. The number of benzene rings is 3. The molecule has 0 amide bonds. The Balaban J connectivity index is 1.93. The molecular weight excluding hydrogens is 280 g/mol. The van der Waals surface area contributed by atoms with Gasteiger partial charge in [-0.15, -0.1) is 0 Å². The Bertz CT molecular complexity index is 934. The van der Waals surface area contributed by atoms with Crippen molar-refractivity contribution in [2.24, 2.45) is 0 Å². The second-order valence-electron chi connectivity index (χ2n) is 5.80. The second-order valence-corrected chi connectivity index (χ2v) is 5.80. The topological polar surface area (TPSA) is 17.8 Å². The zero-order valence-electron chi connectivity index (χ0n) is 13.1. The van der Waals surface area contributed by atoms with Gasteiger partial charge in [-0.25, -0.2) is 4.98 Å². The largest absolute Gasteiger partial charge is 0.330 e. The van der Waals surface area contributed by atoms with Crippen LogP contribution in [0.2, 0.25) is 0 Å². The maximum absolute atomic E-state index is 4.18. The molecule has 0 saturated carbocycles. The molecule has 4 rings (SSSR count). The minimum atomic E-state index is 0.243. The first-order chi connectivity index (χ1) is 11.3. The van der Waals surface area contributed by atoms with Crippen molar-refractivity contribution in [2.75, 3.05) is 0 Å². The van der Waals surface area contributed by atoms with Crippen LogP contribution < -0.4 is 0 Å². The fraction of sp³-hybridized carbons (Fsp3) is 0.0952. The summed E-state index contributed by atoms with van der Waals surface area (Å²) in [6, 6.07) is 24.0. The standard InChI is InChI=1S/C21H18N2/c1-16(23-14-13-22-15-23)18-9-4-5-11-20(18)21-12-6-8-17-7-2-3-10-19(17)21/h2-16H,1H3/t16-/m1/s1. The maximum atomic E-state index is 4.18. The van der Waals surface area contributed by atoms with E-state index in [1.54, 1.807) is 0 Å². The van der Waals surface area contributed by atoms with E-state index in [-0.39, 0.29) is 6.04 Å². The summed E-state index contributed by atoms with van der Waals surface area (Å²) in [5.41, 5.74) is 3.87. The molecule has 0 bridgehead atoms. The first kappa shape index (κ1) is 13.8. The number of hydrogen-bond donors (Lipinski definition) is 0. The molecule has 0 unspecified atom stereocenters. The molecule has 3 aromatic carbocycles. The lowest BCUT2D eigenvalue weighted by molar-refractivity contribution is 0.640. The summed E-state index contributed by atoms with van der Waals surface area (Å²) in [7, 11) is 0. The van der Waals surface area contributed by atoms with Gasteiger partial charge in [0.25, 0.3) is 0 Å². The highest BCUT2D eigenvalue weighted by atomic mass is 15.0. The lowest BCUT2D eigenvalue weighted by Crippen LogP contribution is -2.06. The van der Waals surface area contributed by atoms with Crippen molar-refractivity contribution in [3.63, 3.8) is 0 Å². The van der Waals surface area contributed by atoms with Crippen LogP contribution in [-0.4, -0.2) is 9.55 Å². The molecule has 0 aliphatic rings. The highest BCUT2D eigenvalue weighted by molar-refractivity contribution is 5.97. The van der Waals surface area contributed by atoms with Crippen LogP contribution >= 0.6 is 0 Å². The van der Waals surface area contributed by atoms with Gasteiger partial charge in [-0.2, -0.15) is 0 Å². The van der Waals surface area contributed by atoms with E-state index in [2.05, 4.69) is 83.2 Å². The van der Waals surface area contributed by atoms with E-state index in [1.807, 2.05) is 18.7 Å². The van der Waals surface area contributed by atoms with Crippen LogP contribution in [0.3, 0.4) is 0 Å². The van der Waals surface area contributed by atoms with E-state index in [9.17, 15) is 0 Å². The second kappa shape index (κ2) is 5.73. The summed E-state index contributed by atoms with van der Waals surface area (Å²) in [4.78, 5) is 4.18. The van der Waals surface area contributed by atoms with Gasteiger partial charge in [-0.1, -0.05) is 66.7 Å². The molecule has 0 N–H and O–H groups in total. The lowest BCUT2D eigenvalue weighted by atomic mass is 9.92. The van der Waals surface area contributed by atoms with Crippen molar-refractivity contribution < 1.29 is 0 Å². The molecule has 0 aliphatic heterocycles. The minimum absolute atomic E-state index is 0.243. The number of imidazole rings is 1. The Hall–Kier alpha value is -2.87. The predicted molar refractivity (Wildman–Crippen MR) is 95.4 cm³/mol. The molecule has 112 valence electrons. The average Bonchev–Trinajstić information content (AvgIpc) is 3.15. The minimum Gasteiger partial charge on any atom is -0.330 e. The quantitative estimate of drug-likeness (QED) is 0.501. The van der Waals surface area contributed by atoms with Crippen molar-refractivity contribution in [2.45, 2.75) is 13.0 Å². The summed E-state index contributed by atoms with van der Waals surface area (Å²) in [5.74, 6) is 0. The maximum Gasteiger partial charge on any atom is 0.0951 e. The van der Waals surface area contributed by atoms with Crippen LogP contribution in [0.1, 0.15) is 18.5 Å². The smallest absolute Gasteiger partial charge is 0.0951 e. The first-order valence-corrected chi connectivity index (χ1v) is 7.89. The van der Waals surface area contributed by atoms with Gasteiger partial charge in [-0.3, -0.25) is 0 Å². The van der Waals surface area contributed by atoms with Gasteiger partial charge in [0.15, 0.2) is 0 Å². The summed E-state index contributed by atoms with van der Waals surface area (Å²) in [5, 5.41) is 2.57. The summed E-state index contributed by atoms with van der Waals surface area (Å²) >= 11 is 0. The first-order valence-electron chi connectivity index (χ1n) is 7.89. The number of aromatic nitrogens is 2. The molecule has 0 spiro atoms. The van der Waals surface area contributed by atoms with Crippen molar-refractivity contribution in [1.29, 1.82) is 0 Å². The van der Waals surface area contributed by atoms with Gasteiger partial charge in [0.05, 0.1) is 12.4 Å². The van der Waals surface area contributed by atoms with Crippen LogP contribution in [0, 0.1) is 0 Å². The third kappa shape index (κ3) is 2.42. The van der Waals surface area contributed by atoms with Gasteiger partial charge in [0, 0.05) is 12.4 Å². The van der Waals surface area contributed by atoms with Crippen molar-refractivity contribution in [1.82, 2.24) is 9.55 Å². The summed E-state index contributed by atoms with van der Waals surface area (Å²) in [6.07, 6.45) is 5.73.